The molecule has 1 unspecified atom stereocenters. The Morgan fingerprint density at radius 1 is 1.33 bits per heavy atom. The number of hydrogen-bond donors (Lipinski definition) is 2. The second-order valence-corrected chi connectivity index (χ2v) is 7.87. The quantitative estimate of drug-likeness (QED) is 0.806. The van der Waals surface area contributed by atoms with Crippen molar-refractivity contribution in [2.45, 2.75) is 46.0 Å². The van der Waals surface area contributed by atoms with Crippen LogP contribution < -0.4 is 15.4 Å². The average molecular weight is 332 g/mol. The summed E-state index contributed by atoms with van der Waals surface area (Å²) in [5, 5.41) is 6.43. The van der Waals surface area contributed by atoms with Crippen molar-refractivity contribution in [3.05, 3.63) is 29.8 Å². The van der Waals surface area contributed by atoms with Gasteiger partial charge in [0.15, 0.2) is 0 Å². The first kappa shape index (κ1) is 18.8. The van der Waals surface area contributed by atoms with Crippen LogP contribution in [0.25, 0.3) is 0 Å². The van der Waals surface area contributed by atoms with Gasteiger partial charge in [-0.2, -0.15) is 0 Å². The molecule has 134 valence electrons. The van der Waals surface area contributed by atoms with Gasteiger partial charge in [0.2, 0.25) is 5.91 Å². The third-order valence-corrected chi connectivity index (χ3v) is 4.59. The van der Waals surface area contributed by atoms with Gasteiger partial charge in [0, 0.05) is 18.5 Å². The second-order valence-electron chi connectivity index (χ2n) is 7.87. The number of benzene rings is 1. The van der Waals surface area contributed by atoms with Crippen molar-refractivity contribution in [3.63, 3.8) is 0 Å². The Morgan fingerprint density at radius 2 is 2.04 bits per heavy atom. The number of carbonyl (C=O) groups is 1. The number of hydrogen-bond acceptors (Lipinski definition) is 3. The van der Waals surface area contributed by atoms with Crippen LogP contribution in [0.1, 0.15) is 46.1 Å². The van der Waals surface area contributed by atoms with Crippen molar-refractivity contribution in [2.24, 2.45) is 11.8 Å². The average Bonchev–Trinajstić information content (AvgIpc) is 2.59. The molecule has 1 aromatic rings. The van der Waals surface area contributed by atoms with Crippen LogP contribution in [0.4, 0.5) is 0 Å². The topological polar surface area (TPSA) is 50.4 Å². The minimum Gasteiger partial charge on any atom is -0.493 e. The molecule has 0 aromatic heterocycles. The minimum atomic E-state index is -0.103. The van der Waals surface area contributed by atoms with Gasteiger partial charge in [-0.05, 0) is 43.0 Å². The fourth-order valence-electron chi connectivity index (χ4n) is 2.90. The van der Waals surface area contributed by atoms with Gasteiger partial charge in [-0.15, -0.1) is 0 Å². The van der Waals surface area contributed by atoms with Crippen molar-refractivity contribution in [1.29, 1.82) is 0 Å². The van der Waals surface area contributed by atoms with E-state index in [1.807, 2.05) is 12.1 Å². The highest BCUT2D eigenvalue weighted by Crippen LogP contribution is 2.25. The van der Waals surface area contributed by atoms with Gasteiger partial charge in [-0.1, -0.05) is 39.8 Å². The first-order valence-electron chi connectivity index (χ1n) is 9.10. The van der Waals surface area contributed by atoms with Crippen molar-refractivity contribution in [2.75, 3.05) is 26.2 Å². The number of amides is 1. The molecule has 1 heterocycles. The summed E-state index contributed by atoms with van der Waals surface area (Å²) in [6.45, 7) is 11.8. The molecule has 0 spiro atoms. The zero-order valence-corrected chi connectivity index (χ0v) is 15.5. The molecule has 1 fully saturated rings. The molecule has 4 heteroatoms. The molecule has 1 atom stereocenters. The van der Waals surface area contributed by atoms with Crippen LogP contribution >= 0.6 is 0 Å². The zero-order valence-electron chi connectivity index (χ0n) is 15.5. The van der Waals surface area contributed by atoms with Gasteiger partial charge in [0.05, 0.1) is 12.5 Å². The van der Waals surface area contributed by atoms with Crippen LogP contribution in [0.2, 0.25) is 0 Å². The number of nitrogens with one attached hydrogen (secondary N) is 2. The number of rotatable bonds is 7. The summed E-state index contributed by atoms with van der Waals surface area (Å²) in [6.07, 6.45) is 2.07. The molecule has 0 saturated carbocycles. The fraction of sp³-hybridized carbons (Fsp3) is 0.650. The lowest BCUT2D eigenvalue weighted by Crippen LogP contribution is -2.44. The molecule has 24 heavy (non-hydrogen) atoms. The standard InChI is InChI=1S/C20H32N2O2/c1-15(2)13-24-18-9-7-17(8-10-18)20(3,4)14-22-19(23)16-6-5-11-21-12-16/h7-10,15-16,21H,5-6,11-14H2,1-4H3,(H,22,23). The molecule has 1 amide bonds. The normalized spacial score (nSPS) is 18.5. The maximum Gasteiger partial charge on any atom is 0.224 e. The second kappa shape index (κ2) is 8.52. The predicted molar refractivity (Wildman–Crippen MR) is 98.4 cm³/mol. The van der Waals surface area contributed by atoms with Crippen molar-refractivity contribution >= 4 is 5.91 Å². The van der Waals surface area contributed by atoms with Crippen LogP contribution in [0.15, 0.2) is 24.3 Å². The van der Waals surface area contributed by atoms with Gasteiger partial charge in [0.1, 0.15) is 5.75 Å². The molecule has 2 N–H and O–H groups in total. The Morgan fingerprint density at radius 3 is 2.62 bits per heavy atom. The summed E-state index contributed by atoms with van der Waals surface area (Å²) >= 11 is 0. The highest BCUT2D eigenvalue weighted by atomic mass is 16.5. The Bertz CT molecular complexity index is 517. The molecule has 0 aliphatic carbocycles. The maximum atomic E-state index is 12.3. The fourth-order valence-corrected chi connectivity index (χ4v) is 2.90. The molecular formula is C20H32N2O2. The lowest BCUT2D eigenvalue weighted by atomic mass is 9.84. The Hall–Kier alpha value is -1.55. The van der Waals surface area contributed by atoms with Crippen molar-refractivity contribution < 1.29 is 9.53 Å². The first-order chi connectivity index (χ1) is 11.4. The molecule has 0 radical (unpaired) electrons. The predicted octanol–water partition coefficient (Wildman–Crippen LogP) is 3.11. The minimum absolute atomic E-state index is 0.103. The first-order valence-corrected chi connectivity index (χ1v) is 9.10. The largest absolute Gasteiger partial charge is 0.493 e. The summed E-state index contributed by atoms with van der Waals surface area (Å²) in [5.41, 5.74) is 1.11. The van der Waals surface area contributed by atoms with Gasteiger partial charge in [0.25, 0.3) is 0 Å². The molecule has 1 aliphatic heterocycles. The van der Waals surface area contributed by atoms with E-state index >= 15 is 0 Å². The molecule has 1 aromatic carbocycles. The summed E-state index contributed by atoms with van der Waals surface area (Å²) in [5.74, 6) is 1.71. The van der Waals surface area contributed by atoms with E-state index in [9.17, 15) is 4.79 Å². The van der Waals surface area contributed by atoms with Gasteiger partial charge < -0.3 is 15.4 Å². The lowest BCUT2D eigenvalue weighted by Gasteiger charge is -2.28. The van der Waals surface area contributed by atoms with Crippen molar-refractivity contribution in [3.8, 4) is 5.75 Å². The van der Waals surface area contributed by atoms with E-state index in [1.54, 1.807) is 0 Å². The van der Waals surface area contributed by atoms with Gasteiger partial charge >= 0.3 is 0 Å². The third kappa shape index (κ3) is 5.52. The summed E-state index contributed by atoms with van der Waals surface area (Å²) in [6, 6.07) is 8.24. The molecule has 1 aliphatic rings. The molecule has 1 saturated heterocycles. The van der Waals surface area contributed by atoms with Crippen LogP contribution in [0.3, 0.4) is 0 Å². The molecular weight excluding hydrogens is 300 g/mol. The number of ether oxygens (including phenoxy) is 1. The van der Waals surface area contributed by atoms with Crippen LogP contribution in [0.5, 0.6) is 5.75 Å². The number of piperidine rings is 1. The van der Waals surface area contributed by atoms with E-state index in [-0.39, 0.29) is 17.2 Å². The Labute approximate surface area is 146 Å². The summed E-state index contributed by atoms with van der Waals surface area (Å²) < 4.78 is 5.74. The number of carbonyl (C=O) groups excluding carboxylic acids is 1. The van der Waals surface area contributed by atoms with Crippen molar-refractivity contribution in [1.82, 2.24) is 10.6 Å². The van der Waals surface area contributed by atoms with Gasteiger partial charge in [-0.3, -0.25) is 4.79 Å². The van der Waals surface area contributed by atoms with E-state index in [2.05, 4.69) is 50.5 Å². The maximum absolute atomic E-state index is 12.3. The zero-order chi connectivity index (χ0) is 17.6. The Kier molecular flexibility index (Phi) is 6.67. The SMILES string of the molecule is CC(C)COc1ccc(C(C)(C)CNC(=O)C2CCCNC2)cc1. The van der Waals surface area contributed by atoms with E-state index in [0.29, 0.717) is 12.5 Å². The lowest BCUT2D eigenvalue weighted by molar-refractivity contribution is -0.125. The monoisotopic (exact) mass is 332 g/mol. The Balaban J connectivity index is 1.88. The smallest absolute Gasteiger partial charge is 0.224 e. The van der Waals surface area contributed by atoms with E-state index in [4.69, 9.17) is 4.74 Å². The van der Waals surface area contributed by atoms with Crippen LogP contribution in [-0.4, -0.2) is 32.1 Å². The molecule has 0 bridgehead atoms. The highest BCUT2D eigenvalue weighted by Gasteiger charge is 2.25. The van der Waals surface area contributed by atoms with E-state index in [1.165, 1.54) is 5.56 Å². The van der Waals surface area contributed by atoms with Crippen LogP contribution in [-0.2, 0) is 10.2 Å². The molecule has 2 rings (SSSR count). The molecule has 4 nitrogen and oxygen atoms in total. The van der Waals surface area contributed by atoms with Crippen LogP contribution in [0, 0.1) is 11.8 Å². The van der Waals surface area contributed by atoms with E-state index < -0.39 is 0 Å². The summed E-state index contributed by atoms with van der Waals surface area (Å²) in [7, 11) is 0. The summed E-state index contributed by atoms with van der Waals surface area (Å²) in [4.78, 5) is 12.3. The highest BCUT2D eigenvalue weighted by molar-refractivity contribution is 5.79. The third-order valence-electron chi connectivity index (χ3n) is 4.59. The van der Waals surface area contributed by atoms with E-state index in [0.717, 1.165) is 38.3 Å². The van der Waals surface area contributed by atoms with Gasteiger partial charge in [-0.25, -0.2) is 0 Å².